The summed E-state index contributed by atoms with van der Waals surface area (Å²) in [4.78, 5) is 36.0. The van der Waals surface area contributed by atoms with Crippen LogP contribution in [0.25, 0.3) is 0 Å². The number of thiazole rings is 1. The van der Waals surface area contributed by atoms with Crippen LogP contribution in [-0.2, 0) is 15.9 Å². The van der Waals surface area contributed by atoms with Gasteiger partial charge in [0.25, 0.3) is 5.91 Å². The van der Waals surface area contributed by atoms with Crippen LogP contribution < -0.4 is 10.6 Å². The van der Waals surface area contributed by atoms with Crippen LogP contribution >= 0.6 is 23.1 Å². The molecule has 1 fully saturated rings. The number of likely N-dealkylation sites (tertiary alicyclic amines) is 1. The van der Waals surface area contributed by atoms with Gasteiger partial charge in [-0.05, 0) is 57.9 Å². The second-order valence-corrected chi connectivity index (χ2v) is 13.9. The monoisotopic (exact) mass is 571 g/mol. The molecule has 2 N–H and O–H groups in total. The molecule has 0 saturated carbocycles. The Labute approximate surface area is 238 Å². The molecule has 39 heavy (non-hydrogen) atoms. The van der Waals surface area contributed by atoms with Gasteiger partial charge in [0.05, 0.1) is 22.4 Å². The molecule has 2 aromatic heterocycles. The third-order valence-electron chi connectivity index (χ3n) is 5.93. The minimum Gasteiger partial charge on any atom is -0.444 e. The molecule has 1 unspecified atom stereocenters. The Kier molecular flexibility index (Phi) is 8.90. The van der Waals surface area contributed by atoms with Crippen LogP contribution in [0.1, 0.15) is 76.4 Å². The van der Waals surface area contributed by atoms with E-state index in [-0.39, 0.29) is 17.4 Å². The van der Waals surface area contributed by atoms with E-state index in [1.807, 2.05) is 31.9 Å². The maximum Gasteiger partial charge on any atom is 0.412 e. The standard InChI is InChI=1S/C28H37N5O4S2/c1-27(2,3)21-14-29-22(36-21)17-38-23-15-30-25(39-23)31-20-8-7-13-33(16-20)24(34)18-9-11-19(12-10-18)32-26(35)37-28(4,5)6/h9-12,14-15,20H,7-8,13,16-17H2,1-6H3,(H,30,31)(H,32,35). The molecule has 11 heteroatoms. The first-order chi connectivity index (χ1) is 18.4. The molecule has 3 heterocycles. The summed E-state index contributed by atoms with van der Waals surface area (Å²) in [5.41, 5.74) is 0.523. The Morgan fingerprint density at radius 1 is 1.13 bits per heavy atom. The highest BCUT2D eigenvalue weighted by atomic mass is 32.2. The average Bonchev–Trinajstić information content (AvgIpc) is 3.51. The lowest BCUT2D eigenvalue weighted by Crippen LogP contribution is -2.45. The van der Waals surface area contributed by atoms with Crippen LogP contribution in [0.2, 0.25) is 0 Å². The van der Waals surface area contributed by atoms with Crippen molar-refractivity contribution in [3.8, 4) is 0 Å². The first-order valence-corrected chi connectivity index (χ1v) is 14.9. The van der Waals surface area contributed by atoms with Crippen molar-refractivity contribution >= 4 is 45.9 Å². The summed E-state index contributed by atoms with van der Waals surface area (Å²) in [5.74, 6) is 2.22. The number of amides is 2. The third-order valence-corrected chi connectivity index (χ3v) is 8.04. The highest BCUT2D eigenvalue weighted by molar-refractivity contribution is 8.00. The number of anilines is 2. The molecule has 4 rings (SSSR count). The number of hydrogen-bond donors (Lipinski definition) is 2. The normalized spacial score (nSPS) is 16.2. The van der Waals surface area contributed by atoms with Gasteiger partial charge in [0, 0.05) is 35.8 Å². The van der Waals surface area contributed by atoms with E-state index in [9.17, 15) is 9.59 Å². The molecule has 1 aliphatic heterocycles. The number of ether oxygens (including phenoxy) is 1. The lowest BCUT2D eigenvalue weighted by Gasteiger charge is -2.33. The number of aromatic nitrogens is 2. The summed E-state index contributed by atoms with van der Waals surface area (Å²) in [5, 5.41) is 7.05. The van der Waals surface area contributed by atoms with Crippen molar-refractivity contribution in [2.75, 3.05) is 23.7 Å². The van der Waals surface area contributed by atoms with Crippen molar-refractivity contribution < 1.29 is 18.7 Å². The Morgan fingerprint density at radius 3 is 2.54 bits per heavy atom. The van der Waals surface area contributed by atoms with Gasteiger partial charge in [-0.3, -0.25) is 10.1 Å². The molecule has 0 radical (unpaired) electrons. The number of piperidine rings is 1. The molecule has 1 aliphatic rings. The summed E-state index contributed by atoms with van der Waals surface area (Å²) >= 11 is 3.25. The Bertz CT molecular complexity index is 1270. The quantitative estimate of drug-likeness (QED) is 0.299. The van der Waals surface area contributed by atoms with Gasteiger partial charge < -0.3 is 19.4 Å². The number of carbonyl (C=O) groups excluding carboxylic acids is 2. The van der Waals surface area contributed by atoms with Crippen molar-refractivity contribution in [2.24, 2.45) is 0 Å². The van der Waals surface area contributed by atoms with E-state index < -0.39 is 11.7 Å². The summed E-state index contributed by atoms with van der Waals surface area (Å²) in [6.45, 7) is 13.1. The molecule has 0 spiro atoms. The zero-order chi connectivity index (χ0) is 28.2. The number of nitrogens with zero attached hydrogens (tertiary/aromatic N) is 3. The van der Waals surface area contributed by atoms with Gasteiger partial charge in [0.15, 0.2) is 5.13 Å². The average molecular weight is 572 g/mol. The van der Waals surface area contributed by atoms with E-state index in [0.29, 0.717) is 36.0 Å². The molecule has 1 aromatic carbocycles. The second kappa shape index (κ2) is 12.0. The largest absolute Gasteiger partial charge is 0.444 e. The molecule has 1 atom stereocenters. The fourth-order valence-electron chi connectivity index (χ4n) is 4.00. The van der Waals surface area contributed by atoms with Crippen LogP contribution in [0.5, 0.6) is 0 Å². The van der Waals surface area contributed by atoms with Crippen molar-refractivity contribution in [1.82, 2.24) is 14.9 Å². The topological polar surface area (TPSA) is 110 Å². The summed E-state index contributed by atoms with van der Waals surface area (Å²) in [6.07, 6.45) is 5.03. The summed E-state index contributed by atoms with van der Waals surface area (Å²) in [7, 11) is 0. The highest BCUT2D eigenvalue weighted by Crippen LogP contribution is 2.32. The zero-order valence-electron chi connectivity index (χ0n) is 23.4. The van der Waals surface area contributed by atoms with Gasteiger partial charge in [-0.15, -0.1) is 11.8 Å². The predicted octanol–water partition coefficient (Wildman–Crippen LogP) is 6.78. The minimum atomic E-state index is -0.578. The van der Waals surface area contributed by atoms with Crippen LogP contribution in [0.15, 0.2) is 45.3 Å². The highest BCUT2D eigenvalue weighted by Gasteiger charge is 2.25. The number of benzene rings is 1. The number of carbonyl (C=O) groups is 2. The molecule has 3 aromatic rings. The van der Waals surface area contributed by atoms with Crippen molar-refractivity contribution in [1.29, 1.82) is 0 Å². The zero-order valence-corrected chi connectivity index (χ0v) is 25.0. The summed E-state index contributed by atoms with van der Waals surface area (Å²) in [6, 6.07) is 7.02. The number of rotatable bonds is 7. The van der Waals surface area contributed by atoms with Crippen molar-refractivity contribution in [3.05, 3.63) is 53.9 Å². The molecule has 1 saturated heterocycles. The maximum absolute atomic E-state index is 13.2. The minimum absolute atomic E-state index is 0.0266. The molecule has 0 bridgehead atoms. The number of hydrogen-bond acceptors (Lipinski definition) is 9. The van der Waals surface area contributed by atoms with E-state index in [2.05, 4.69) is 41.4 Å². The number of oxazole rings is 1. The Hall–Kier alpha value is -3.05. The molecule has 210 valence electrons. The maximum atomic E-state index is 13.2. The lowest BCUT2D eigenvalue weighted by atomic mass is 9.94. The van der Waals surface area contributed by atoms with E-state index in [4.69, 9.17) is 9.15 Å². The Balaban J connectivity index is 1.27. The second-order valence-electron chi connectivity index (χ2n) is 11.6. The predicted molar refractivity (Wildman–Crippen MR) is 156 cm³/mol. The first-order valence-electron chi connectivity index (χ1n) is 13.1. The van der Waals surface area contributed by atoms with Crippen LogP contribution in [0, 0.1) is 0 Å². The van der Waals surface area contributed by atoms with Gasteiger partial charge in [-0.25, -0.2) is 14.8 Å². The SMILES string of the molecule is CC(C)(C)OC(=O)Nc1ccc(C(=O)N2CCCC(Nc3ncc(SCc4ncc(C(C)(C)C)o4)s3)C2)cc1. The molecule has 2 amide bonds. The van der Waals surface area contributed by atoms with Crippen LogP contribution in [0.3, 0.4) is 0 Å². The van der Waals surface area contributed by atoms with Gasteiger partial charge in [-0.1, -0.05) is 32.1 Å². The number of thioether (sulfide) groups is 1. The smallest absolute Gasteiger partial charge is 0.412 e. The molecular formula is C28H37N5O4S2. The van der Waals surface area contributed by atoms with Crippen LogP contribution in [0.4, 0.5) is 15.6 Å². The van der Waals surface area contributed by atoms with Gasteiger partial charge >= 0.3 is 6.09 Å². The fourth-order valence-corrected chi connectivity index (χ4v) is 5.81. The first kappa shape index (κ1) is 28.9. The van der Waals surface area contributed by atoms with E-state index in [1.54, 1.807) is 53.6 Å². The van der Waals surface area contributed by atoms with Crippen LogP contribution in [-0.4, -0.2) is 51.6 Å². The van der Waals surface area contributed by atoms with E-state index >= 15 is 0 Å². The molecular weight excluding hydrogens is 534 g/mol. The van der Waals surface area contributed by atoms with Gasteiger partial charge in [-0.2, -0.15) is 0 Å². The lowest BCUT2D eigenvalue weighted by molar-refractivity contribution is 0.0635. The van der Waals surface area contributed by atoms with Gasteiger partial charge in [0.1, 0.15) is 11.4 Å². The van der Waals surface area contributed by atoms with E-state index in [0.717, 1.165) is 27.9 Å². The Morgan fingerprint density at radius 2 is 1.87 bits per heavy atom. The van der Waals surface area contributed by atoms with Crippen molar-refractivity contribution in [2.45, 2.75) is 81.4 Å². The number of nitrogens with one attached hydrogen (secondary N) is 2. The third kappa shape index (κ3) is 8.47. The molecule has 9 nitrogen and oxygen atoms in total. The summed E-state index contributed by atoms with van der Waals surface area (Å²) < 4.78 is 12.2. The van der Waals surface area contributed by atoms with Crippen molar-refractivity contribution in [3.63, 3.8) is 0 Å². The van der Waals surface area contributed by atoms with E-state index in [1.165, 1.54) is 0 Å². The fraction of sp³-hybridized carbons (Fsp3) is 0.500. The molecule has 0 aliphatic carbocycles. The van der Waals surface area contributed by atoms with Gasteiger partial charge in [0.2, 0.25) is 5.89 Å².